The number of nitrogen functional groups attached to an aromatic ring is 1. The van der Waals surface area contributed by atoms with E-state index in [1.807, 2.05) is 24.3 Å². The summed E-state index contributed by atoms with van der Waals surface area (Å²) < 4.78 is 88.5. The smallest absolute Gasteiger partial charge is 0.245 e. The highest BCUT2D eigenvalue weighted by atomic mass is 32.2. The van der Waals surface area contributed by atoms with Gasteiger partial charge in [0.1, 0.15) is 6.04 Å². The molecule has 1 aliphatic carbocycles. The van der Waals surface area contributed by atoms with Gasteiger partial charge in [-0.1, -0.05) is 54.2 Å². The number of benzene rings is 3. The molecular weight excluding hydrogens is 602 g/mol. The predicted octanol–water partition coefficient (Wildman–Crippen LogP) is 7.82. The van der Waals surface area contributed by atoms with Crippen molar-refractivity contribution in [3.63, 3.8) is 0 Å². The Labute approximate surface area is 254 Å². The third kappa shape index (κ3) is 5.77. The number of halogens is 6. The minimum Gasteiger partial charge on any atom is -0.396 e. The largest absolute Gasteiger partial charge is 0.396 e. The number of nitrogens with one attached hydrogen (secondary N) is 1. The van der Waals surface area contributed by atoms with Crippen LogP contribution in [0.4, 0.5) is 37.7 Å². The minimum absolute atomic E-state index is 0.0689. The summed E-state index contributed by atoms with van der Waals surface area (Å²) in [6.07, 6.45) is 6.85. The van der Waals surface area contributed by atoms with Crippen molar-refractivity contribution in [3.05, 3.63) is 88.0 Å². The zero-order chi connectivity index (χ0) is 31.7. The Morgan fingerprint density at radius 2 is 1.52 bits per heavy atom. The maximum atomic E-state index is 15.6. The van der Waals surface area contributed by atoms with Gasteiger partial charge in [-0.3, -0.25) is 4.79 Å². The van der Waals surface area contributed by atoms with E-state index in [0.29, 0.717) is 11.5 Å². The molecule has 1 aliphatic heterocycles. The molecule has 5 rings (SSSR count). The minimum atomic E-state index is -2.26. The van der Waals surface area contributed by atoms with E-state index < -0.39 is 62.4 Å². The Bertz CT molecular complexity index is 1600. The maximum Gasteiger partial charge on any atom is 0.245 e. The van der Waals surface area contributed by atoms with Gasteiger partial charge in [0.2, 0.25) is 11.7 Å². The van der Waals surface area contributed by atoms with E-state index >= 15 is 4.39 Å². The number of hydrogen-bond acceptors (Lipinski definition) is 4. The van der Waals surface area contributed by atoms with Crippen LogP contribution in [0.3, 0.4) is 0 Å². The van der Waals surface area contributed by atoms with Crippen molar-refractivity contribution in [3.8, 4) is 0 Å². The van der Waals surface area contributed by atoms with Crippen molar-refractivity contribution < 1.29 is 31.1 Å². The predicted molar refractivity (Wildman–Crippen MR) is 161 cm³/mol. The van der Waals surface area contributed by atoms with E-state index in [1.54, 1.807) is 0 Å². The summed E-state index contributed by atoms with van der Waals surface area (Å²) in [5.74, 6) is -11.4. The van der Waals surface area contributed by atoms with Crippen LogP contribution in [0.2, 0.25) is 0 Å². The Morgan fingerprint density at radius 1 is 0.909 bits per heavy atom. The summed E-state index contributed by atoms with van der Waals surface area (Å²) >= 11 is 0. The summed E-state index contributed by atoms with van der Waals surface area (Å²) in [5.41, 5.74) is 7.46. The van der Waals surface area contributed by atoms with Crippen LogP contribution in [0.5, 0.6) is 0 Å². The average molecular weight is 635 g/mol. The first-order valence-corrected chi connectivity index (χ1v) is 15.6. The molecule has 44 heavy (non-hydrogen) atoms. The fourth-order valence-corrected chi connectivity index (χ4v) is 7.95. The van der Waals surface area contributed by atoms with Crippen LogP contribution in [0.1, 0.15) is 68.1 Å². The normalized spacial score (nSPS) is 18.2. The van der Waals surface area contributed by atoms with Gasteiger partial charge in [0, 0.05) is 18.3 Å². The average Bonchev–Trinajstić information content (AvgIpc) is 3.02. The second-order valence-electron chi connectivity index (χ2n) is 10.9. The number of anilines is 2. The standard InChI is InChI=1S/C32H32F6N4OS/c1-2-44(31-28(37)26(35)25(34)27(36)29(31)38)42-15-14-23(42)32(43)41(22-13-12-21(16-39)30(40)24(22)33)17-18-8-10-20(11-9-18)19-6-4-3-5-7-19/h2,8-13,16,19,23,39H,3-7,14-15,17,40H2,1H3/t23-,44?/m1/s1. The van der Waals surface area contributed by atoms with Gasteiger partial charge in [0.25, 0.3) is 0 Å². The van der Waals surface area contributed by atoms with E-state index in [-0.39, 0.29) is 36.4 Å². The molecule has 1 amide bonds. The molecule has 5 nitrogen and oxygen atoms in total. The fraction of sp³-hybridized carbons (Fsp3) is 0.344. The monoisotopic (exact) mass is 634 g/mol. The summed E-state index contributed by atoms with van der Waals surface area (Å²) in [7, 11) is -1.78. The first kappa shape index (κ1) is 31.8. The van der Waals surface area contributed by atoms with Gasteiger partial charge < -0.3 is 16.0 Å². The summed E-state index contributed by atoms with van der Waals surface area (Å²) in [6.45, 7) is 1.47. The number of nitrogens with two attached hydrogens (primary N) is 1. The van der Waals surface area contributed by atoms with Gasteiger partial charge in [-0.25, -0.2) is 30.6 Å². The van der Waals surface area contributed by atoms with Crippen molar-refractivity contribution in [2.24, 2.45) is 0 Å². The summed E-state index contributed by atoms with van der Waals surface area (Å²) in [5, 5.41) is 8.77. The quantitative estimate of drug-likeness (QED) is 0.0663. The highest BCUT2D eigenvalue weighted by molar-refractivity contribution is 8.13. The number of carbonyl (C=O) groups is 1. The molecule has 3 aromatic carbocycles. The molecule has 1 saturated heterocycles. The summed E-state index contributed by atoms with van der Waals surface area (Å²) in [6, 6.07) is 9.43. The van der Waals surface area contributed by atoms with Gasteiger partial charge in [0.15, 0.2) is 29.1 Å². The molecular formula is C32H32F6N4OS. The highest BCUT2D eigenvalue weighted by Gasteiger charge is 2.42. The second kappa shape index (κ2) is 13.2. The number of amides is 1. The second-order valence-corrected chi connectivity index (χ2v) is 12.9. The molecule has 0 aromatic heterocycles. The van der Waals surface area contributed by atoms with Gasteiger partial charge in [-0.05, 0) is 60.7 Å². The Kier molecular flexibility index (Phi) is 9.50. The van der Waals surface area contributed by atoms with Crippen LogP contribution in [-0.2, 0) is 11.3 Å². The molecule has 3 aromatic rings. The SMILES string of the molecule is C/C=S(\c1c(F)c(F)c(F)c(F)c1F)N1CC[C@@H]1C(=O)N(Cc1ccc(C2CCCCC2)cc1)c1ccc(C=N)c(N)c1F. The lowest BCUT2D eigenvalue weighted by Crippen LogP contribution is -2.55. The van der Waals surface area contributed by atoms with E-state index in [4.69, 9.17) is 11.1 Å². The Morgan fingerprint density at radius 3 is 2.07 bits per heavy atom. The zero-order valence-corrected chi connectivity index (χ0v) is 24.8. The first-order valence-electron chi connectivity index (χ1n) is 14.4. The molecule has 2 aliphatic rings. The number of rotatable bonds is 8. The Balaban J connectivity index is 1.50. The molecule has 3 N–H and O–H groups in total. The third-order valence-electron chi connectivity index (χ3n) is 8.41. The molecule has 234 valence electrons. The Hall–Kier alpha value is -3.64. The van der Waals surface area contributed by atoms with Crippen LogP contribution < -0.4 is 10.6 Å². The molecule has 1 unspecified atom stereocenters. The molecule has 2 atom stereocenters. The number of hydrogen-bond donors (Lipinski definition) is 2. The van der Waals surface area contributed by atoms with Crippen molar-refractivity contribution >= 4 is 39.5 Å². The maximum absolute atomic E-state index is 15.6. The lowest BCUT2D eigenvalue weighted by Gasteiger charge is -2.44. The lowest BCUT2D eigenvalue weighted by molar-refractivity contribution is -0.124. The van der Waals surface area contributed by atoms with Crippen molar-refractivity contribution in [1.29, 1.82) is 5.41 Å². The van der Waals surface area contributed by atoms with Crippen molar-refractivity contribution in [2.75, 3.05) is 17.2 Å². The van der Waals surface area contributed by atoms with Crippen molar-refractivity contribution in [2.45, 2.75) is 68.8 Å². The number of carbonyl (C=O) groups excluding carboxylic acids is 1. The molecule has 0 radical (unpaired) electrons. The van der Waals surface area contributed by atoms with Gasteiger partial charge in [0.05, 0.1) is 22.8 Å². The zero-order valence-electron chi connectivity index (χ0n) is 24.0. The van der Waals surface area contributed by atoms with Crippen LogP contribution in [0.15, 0.2) is 41.3 Å². The number of nitrogens with zero attached hydrogens (tertiary/aromatic N) is 2. The van der Waals surface area contributed by atoms with Crippen LogP contribution in [0.25, 0.3) is 0 Å². The molecule has 0 spiro atoms. The van der Waals surface area contributed by atoms with Crippen LogP contribution in [-0.4, -0.2) is 34.4 Å². The third-order valence-corrected chi connectivity index (χ3v) is 10.6. The lowest BCUT2D eigenvalue weighted by atomic mass is 9.84. The molecule has 1 saturated carbocycles. The van der Waals surface area contributed by atoms with E-state index in [9.17, 15) is 26.7 Å². The molecule has 0 bridgehead atoms. The van der Waals surface area contributed by atoms with Gasteiger partial charge in [-0.15, -0.1) is 0 Å². The summed E-state index contributed by atoms with van der Waals surface area (Å²) in [4.78, 5) is 14.3. The van der Waals surface area contributed by atoms with E-state index in [1.165, 1.54) is 58.5 Å². The fourth-order valence-electron chi connectivity index (χ4n) is 5.89. The topological polar surface area (TPSA) is 73.4 Å². The van der Waals surface area contributed by atoms with E-state index in [2.05, 4.69) is 0 Å². The van der Waals surface area contributed by atoms with Crippen LogP contribution >= 0.6 is 10.7 Å². The molecule has 12 heteroatoms. The van der Waals surface area contributed by atoms with E-state index in [0.717, 1.165) is 19.1 Å². The molecule has 1 heterocycles. The van der Waals surface area contributed by atoms with Crippen LogP contribution in [0, 0.1) is 40.3 Å². The van der Waals surface area contributed by atoms with Crippen molar-refractivity contribution in [1.82, 2.24) is 4.31 Å². The molecule has 2 fully saturated rings. The van der Waals surface area contributed by atoms with Gasteiger partial charge in [-0.2, -0.15) is 0 Å². The first-order chi connectivity index (χ1) is 21.1. The highest BCUT2D eigenvalue weighted by Crippen LogP contribution is 2.44. The van der Waals surface area contributed by atoms with Gasteiger partial charge >= 0.3 is 0 Å².